The zero-order valence-corrected chi connectivity index (χ0v) is 18.1. The molecule has 0 unspecified atom stereocenters. The van der Waals surface area contributed by atoms with Gasteiger partial charge in [-0.3, -0.25) is 0 Å². The van der Waals surface area contributed by atoms with Crippen LogP contribution in [0.2, 0.25) is 0 Å². The Labute approximate surface area is 174 Å². The van der Waals surface area contributed by atoms with Crippen molar-refractivity contribution in [3.63, 3.8) is 0 Å². The second-order valence-electron chi connectivity index (χ2n) is 7.23. The maximum Gasteiger partial charge on any atom is 0.191 e. The molecule has 1 heterocycles. The molecule has 0 bridgehead atoms. The van der Waals surface area contributed by atoms with Crippen molar-refractivity contribution >= 4 is 5.96 Å². The fourth-order valence-corrected chi connectivity index (χ4v) is 2.83. The summed E-state index contributed by atoms with van der Waals surface area (Å²) < 4.78 is 12.8. The molecule has 0 aliphatic heterocycles. The van der Waals surface area contributed by atoms with Crippen molar-refractivity contribution in [1.29, 1.82) is 0 Å². The van der Waals surface area contributed by atoms with Gasteiger partial charge in [-0.15, -0.1) is 0 Å². The number of imidazole rings is 1. The Kier molecular flexibility index (Phi) is 10.1. The van der Waals surface area contributed by atoms with E-state index in [0.717, 1.165) is 55.8 Å². The first-order chi connectivity index (χ1) is 14.1. The molecule has 2 aromatic rings. The molecule has 160 valence electrons. The van der Waals surface area contributed by atoms with E-state index in [2.05, 4.69) is 34.0 Å². The molecule has 1 aromatic carbocycles. The van der Waals surface area contributed by atoms with Crippen molar-refractivity contribution in [3.05, 3.63) is 48.0 Å². The van der Waals surface area contributed by atoms with E-state index < -0.39 is 0 Å². The number of nitrogens with zero attached hydrogens (tertiary/aromatic N) is 3. The zero-order chi connectivity index (χ0) is 20.9. The molecule has 0 radical (unpaired) electrons. The van der Waals surface area contributed by atoms with Gasteiger partial charge in [-0.05, 0) is 37.0 Å². The number of benzene rings is 1. The Morgan fingerprint density at radius 2 is 2.00 bits per heavy atom. The second-order valence-corrected chi connectivity index (χ2v) is 7.23. The third-order valence-corrected chi connectivity index (χ3v) is 4.32. The minimum atomic E-state index is 0.572. The molecule has 1 aromatic heterocycles. The second kappa shape index (κ2) is 12.8. The van der Waals surface area contributed by atoms with Gasteiger partial charge in [-0.1, -0.05) is 26.0 Å². The van der Waals surface area contributed by atoms with Gasteiger partial charge in [0.2, 0.25) is 0 Å². The zero-order valence-electron chi connectivity index (χ0n) is 18.1. The molecule has 0 aliphatic carbocycles. The molecule has 29 heavy (non-hydrogen) atoms. The van der Waals surface area contributed by atoms with Crippen molar-refractivity contribution in [1.82, 2.24) is 20.2 Å². The smallest absolute Gasteiger partial charge is 0.191 e. The molecule has 0 saturated carbocycles. The summed E-state index contributed by atoms with van der Waals surface area (Å²) in [4.78, 5) is 9.22. The van der Waals surface area contributed by atoms with E-state index in [-0.39, 0.29) is 0 Å². The van der Waals surface area contributed by atoms with Crippen LogP contribution in [-0.4, -0.2) is 42.4 Å². The van der Waals surface area contributed by atoms with Gasteiger partial charge < -0.3 is 24.7 Å². The molecule has 0 aliphatic rings. The van der Waals surface area contributed by atoms with E-state index in [0.29, 0.717) is 19.0 Å². The standard InChI is InChI=1S/C22H35N5O2/c1-5-29-14-6-11-24-22(25-15-19-7-9-20(28-4)10-8-19)26-16-21-23-12-13-27(21)17-18(2)3/h7-10,12-13,18H,5-6,11,14-17H2,1-4H3,(H2,24,25,26). The summed E-state index contributed by atoms with van der Waals surface area (Å²) in [7, 11) is 1.67. The fourth-order valence-electron chi connectivity index (χ4n) is 2.83. The van der Waals surface area contributed by atoms with Crippen LogP contribution in [0.15, 0.2) is 41.7 Å². The Hall–Kier alpha value is -2.54. The first-order valence-corrected chi connectivity index (χ1v) is 10.3. The van der Waals surface area contributed by atoms with Crippen LogP contribution in [0.1, 0.15) is 38.6 Å². The lowest BCUT2D eigenvalue weighted by atomic mass is 10.2. The van der Waals surface area contributed by atoms with Gasteiger partial charge in [-0.25, -0.2) is 9.98 Å². The molecule has 7 heteroatoms. The van der Waals surface area contributed by atoms with Gasteiger partial charge in [0, 0.05) is 38.7 Å². The molecule has 0 atom stereocenters. The molecular weight excluding hydrogens is 366 g/mol. The van der Waals surface area contributed by atoms with Crippen LogP contribution < -0.4 is 15.4 Å². The van der Waals surface area contributed by atoms with Gasteiger partial charge in [0.05, 0.1) is 20.2 Å². The summed E-state index contributed by atoms with van der Waals surface area (Å²) in [5.41, 5.74) is 1.13. The summed E-state index contributed by atoms with van der Waals surface area (Å²) in [5, 5.41) is 6.80. The van der Waals surface area contributed by atoms with Crippen molar-refractivity contribution in [2.24, 2.45) is 10.9 Å². The number of aromatic nitrogens is 2. The van der Waals surface area contributed by atoms with Crippen molar-refractivity contribution in [2.75, 3.05) is 26.9 Å². The number of methoxy groups -OCH3 is 1. The molecule has 2 N–H and O–H groups in total. The average Bonchev–Trinajstić information content (AvgIpc) is 3.15. The van der Waals surface area contributed by atoms with Crippen LogP contribution in [0.25, 0.3) is 0 Å². The lowest BCUT2D eigenvalue weighted by Crippen LogP contribution is -2.38. The minimum absolute atomic E-state index is 0.572. The minimum Gasteiger partial charge on any atom is -0.497 e. The van der Waals surface area contributed by atoms with Crippen LogP contribution in [0.4, 0.5) is 0 Å². The van der Waals surface area contributed by atoms with Crippen LogP contribution in [0, 0.1) is 5.92 Å². The number of nitrogens with one attached hydrogen (secondary N) is 2. The first-order valence-electron chi connectivity index (χ1n) is 10.3. The molecule has 0 saturated heterocycles. The topological polar surface area (TPSA) is 72.7 Å². The highest BCUT2D eigenvalue weighted by molar-refractivity contribution is 5.79. The average molecular weight is 402 g/mol. The maximum atomic E-state index is 5.41. The van der Waals surface area contributed by atoms with Crippen LogP contribution in [0.3, 0.4) is 0 Å². The van der Waals surface area contributed by atoms with Gasteiger partial charge in [0.15, 0.2) is 5.96 Å². The van der Waals surface area contributed by atoms with E-state index in [9.17, 15) is 0 Å². The predicted octanol–water partition coefficient (Wildman–Crippen LogP) is 3.21. The third kappa shape index (κ3) is 8.56. The Balaban J connectivity index is 1.96. The van der Waals surface area contributed by atoms with Gasteiger partial charge >= 0.3 is 0 Å². The Morgan fingerprint density at radius 3 is 2.69 bits per heavy atom. The largest absolute Gasteiger partial charge is 0.497 e. The Morgan fingerprint density at radius 1 is 1.21 bits per heavy atom. The summed E-state index contributed by atoms with van der Waals surface area (Å²) in [6.45, 7) is 10.9. The highest BCUT2D eigenvalue weighted by Gasteiger charge is 2.06. The van der Waals surface area contributed by atoms with E-state index in [1.165, 1.54) is 0 Å². The summed E-state index contributed by atoms with van der Waals surface area (Å²) in [6, 6.07) is 7.97. The maximum absolute atomic E-state index is 5.41. The Bertz CT molecular complexity index is 725. The van der Waals surface area contributed by atoms with Crippen LogP contribution in [0.5, 0.6) is 5.75 Å². The van der Waals surface area contributed by atoms with Crippen LogP contribution in [-0.2, 0) is 24.4 Å². The van der Waals surface area contributed by atoms with Gasteiger partial charge in [-0.2, -0.15) is 0 Å². The van der Waals surface area contributed by atoms with Crippen molar-refractivity contribution < 1.29 is 9.47 Å². The molecule has 0 amide bonds. The van der Waals surface area contributed by atoms with Gasteiger partial charge in [0.25, 0.3) is 0 Å². The third-order valence-electron chi connectivity index (χ3n) is 4.32. The highest BCUT2D eigenvalue weighted by Crippen LogP contribution is 2.12. The number of guanidine groups is 1. The number of ether oxygens (including phenoxy) is 2. The van der Waals surface area contributed by atoms with E-state index >= 15 is 0 Å². The monoisotopic (exact) mass is 401 g/mol. The van der Waals surface area contributed by atoms with Gasteiger partial charge in [0.1, 0.15) is 11.6 Å². The summed E-state index contributed by atoms with van der Waals surface area (Å²) in [6.07, 6.45) is 4.81. The molecule has 0 spiro atoms. The molecule has 0 fully saturated rings. The predicted molar refractivity (Wildman–Crippen MR) is 117 cm³/mol. The molecular formula is C22H35N5O2. The lowest BCUT2D eigenvalue weighted by molar-refractivity contribution is 0.145. The number of hydrogen-bond donors (Lipinski definition) is 2. The molecule has 7 nitrogen and oxygen atoms in total. The number of rotatable bonds is 12. The SMILES string of the molecule is CCOCCCNC(=NCc1ccc(OC)cc1)NCc1nccn1CC(C)C. The fraction of sp³-hybridized carbons (Fsp3) is 0.545. The summed E-state index contributed by atoms with van der Waals surface area (Å²) >= 11 is 0. The van der Waals surface area contributed by atoms with Crippen molar-refractivity contribution in [3.8, 4) is 5.75 Å². The first kappa shape index (κ1) is 22.7. The van der Waals surface area contributed by atoms with E-state index in [4.69, 9.17) is 14.5 Å². The summed E-state index contributed by atoms with van der Waals surface area (Å²) in [5.74, 6) is 3.20. The molecule has 2 rings (SSSR count). The number of aliphatic imine (C=N–C) groups is 1. The van der Waals surface area contributed by atoms with Crippen molar-refractivity contribution in [2.45, 2.75) is 46.8 Å². The van der Waals surface area contributed by atoms with E-state index in [1.54, 1.807) is 7.11 Å². The quantitative estimate of drug-likeness (QED) is 0.325. The normalized spacial score (nSPS) is 11.7. The lowest BCUT2D eigenvalue weighted by Gasteiger charge is -2.14. The highest BCUT2D eigenvalue weighted by atomic mass is 16.5. The van der Waals surface area contributed by atoms with Crippen LogP contribution >= 0.6 is 0 Å². The van der Waals surface area contributed by atoms with E-state index in [1.807, 2.05) is 43.6 Å². The number of hydrogen-bond acceptors (Lipinski definition) is 4.